The lowest BCUT2D eigenvalue weighted by molar-refractivity contribution is -0.143. The fraction of sp³-hybridized carbons (Fsp3) is 0.925. The van der Waals surface area contributed by atoms with E-state index in [1.54, 1.807) is 6.08 Å². The predicted molar refractivity (Wildman–Crippen MR) is 255 cm³/mol. The fourth-order valence-corrected chi connectivity index (χ4v) is 8.22. The molecule has 1 amide bonds. The Balaban J connectivity index is 3.38. The quantitative estimate of drug-likeness (QED) is 0.0322. The first kappa shape index (κ1) is 57.6. The molecular formula is C53H103NO5. The molecule has 0 aromatic rings. The molecule has 0 aliphatic heterocycles. The van der Waals surface area contributed by atoms with Crippen molar-refractivity contribution in [2.45, 2.75) is 302 Å². The van der Waals surface area contributed by atoms with Gasteiger partial charge in [-0.2, -0.15) is 0 Å². The molecule has 0 fully saturated rings. The summed E-state index contributed by atoms with van der Waals surface area (Å²) in [5, 5.41) is 22.9. The van der Waals surface area contributed by atoms with Crippen molar-refractivity contribution in [1.82, 2.24) is 5.32 Å². The van der Waals surface area contributed by atoms with Crippen molar-refractivity contribution >= 4 is 11.9 Å². The predicted octanol–water partition coefficient (Wildman–Crippen LogP) is 15.7. The first-order chi connectivity index (χ1) is 29.0. The zero-order valence-electron chi connectivity index (χ0n) is 39.7. The van der Waals surface area contributed by atoms with E-state index in [1.165, 1.54) is 225 Å². The minimum absolute atomic E-state index is 0.0109. The summed E-state index contributed by atoms with van der Waals surface area (Å²) in [7, 11) is 0. The number of unbranched alkanes of at least 4 members (excludes halogenated alkanes) is 38. The van der Waals surface area contributed by atoms with Gasteiger partial charge in [0, 0.05) is 12.8 Å². The number of carbonyl (C=O) groups is 2. The minimum atomic E-state index is -0.842. The smallest absolute Gasteiger partial charge is 0.305 e. The van der Waals surface area contributed by atoms with E-state index in [-0.39, 0.29) is 18.5 Å². The molecule has 0 radical (unpaired) electrons. The summed E-state index contributed by atoms with van der Waals surface area (Å²) in [4.78, 5) is 24.4. The third-order valence-corrected chi connectivity index (χ3v) is 12.3. The van der Waals surface area contributed by atoms with Gasteiger partial charge in [-0.3, -0.25) is 9.59 Å². The number of aliphatic hydroxyl groups is 2. The summed E-state index contributed by atoms with van der Waals surface area (Å²) in [5.74, 6) is -0.0593. The van der Waals surface area contributed by atoms with Crippen LogP contribution in [0.25, 0.3) is 0 Å². The van der Waals surface area contributed by atoms with Crippen molar-refractivity contribution in [3.8, 4) is 0 Å². The molecule has 2 atom stereocenters. The van der Waals surface area contributed by atoms with Gasteiger partial charge in [0.25, 0.3) is 0 Å². The second kappa shape index (κ2) is 49.3. The van der Waals surface area contributed by atoms with Crippen LogP contribution in [0.15, 0.2) is 12.2 Å². The molecule has 0 saturated heterocycles. The van der Waals surface area contributed by atoms with Gasteiger partial charge in [0.2, 0.25) is 5.91 Å². The average Bonchev–Trinajstić information content (AvgIpc) is 3.24. The van der Waals surface area contributed by atoms with Gasteiger partial charge in [-0.05, 0) is 32.1 Å². The third-order valence-electron chi connectivity index (χ3n) is 12.3. The van der Waals surface area contributed by atoms with Crippen LogP contribution in [0.3, 0.4) is 0 Å². The number of ether oxygens (including phenoxy) is 1. The first-order valence-electron chi connectivity index (χ1n) is 26.5. The molecule has 6 heteroatoms. The number of esters is 1. The van der Waals surface area contributed by atoms with E-state index in [0.29, 0.717) is 19.4 Å². The first-order valence-corrected chi connectivity index (χ1v) is 26.5. The van der Waals surface area contributed by atoms with Crippen LogP contribution < -0.4 is 5.32 Å². The fourth-order valence-electron chi connectivity index (χ4n) is 8.22. The number of aliphatic hydroxyl groups excluding tert-OH is 2. The normalized spacial score (nSPS) is 12.7. The molecule has 6 nitrogen and oxygen atoms in total. The van der Waals surface area contributed by atoms with Crippen molar-refractivity contribution in [3.05, 3.63) is 12.2 Å². The summed E-state index contributed by atoms with van der Waals surface area (Å²) in [6, 6.07) is -0.625. The van der Waals surface area contributed by atoms with Gasteiger partial charge < -0.3 is 20.3 Å². The van der Waals surface area contributed by atoms with Crippen LogP contribution in [0.1, 0.15) is 290 Å². The Morgan fingerprint density at radius 1 is 0.458 bits per heavy atom. The maximum Gasteiger partial charge on any atom is 0.305 e. The molecule has 0 rings (SSSR count). The largest absolute Gasteiger partial charge is 0.466 e. The lowest BCUT2D eigenvalue weighted by Crippen LogP contribution is -2.45. The zero-order valence-corrected chi connectivity index (χ0v) is 39.7. The zero-order chi connectivity index (χ0) is 43.0. The molecule has 2 unspecified atom stereocenters. The van der Waals surface area contributed by atoms with Gasteiger partial charge in [-0.15, -0.1) is 0 Å². The van der Waals surface area contributed by atoms with E-state index in [9.17, 15) is 19.8 Å². The summed E-state index contributed by atoms with van der Waals surface area (Å²) in [6.45, 7) is 4.88. The van der Waals surface area contributed by atoms with Crippen LogP contribution in [-0.4, -0.2) is 47.4 Å². The number of carbonyl (C=O) groups excluding carboxylic acids is 2. The lowest BCUT2D eigenvalue weighted by atomic mass is 10.0. The van der Waals surface area contributed by atoms with E-state index in [4.69, 9.17) is 4.74 Å². The van der Waals surface area contributed by atoms with E-state index < -0.39 is 12.1 Å². The van der Waals surface area contributed by atoms with E-state index in [0.717, 1.165) is 38.5 Å². The van der Waals surface area contributed by atoms with E-state index in [2.05, 4.69) is 19.2 Å². The van der Waals surface area contributed by atoms with Crippen LogP contribution in [0.2, 0.25) is 0 Å². The van der Waals surface area contributed by atoms with Crippen LogP contribution in [0.5, 0.6) is 0 Å². The molecule has 0 bridgehead atoms. The molecule has 0 heterocycles. The molecular weight excluding hydrogens is 731 g/mol. The molecule has 0 aromatic carbocycles. The van der Waals surface area contributed by atoms with Crippen LogP contribution >= 0.6 is 0 Å². The van der Waals surface area contributed by atoms with Gasteiger partial charge in [0.05, 0.1) is 25.4 Å². The van der Waals surface area contributed by atoms with E-state index >= 15 is 0 Å². The average molecular weight is 834 g/mol. The van der Waals surface area contributed by atoms with Crippen molar-refractivity contribution in [2.75, 3.05) is 13.2 Å². The van der Waals surface area contributed by atoms with Gasteiger partial charge in [-0.25, -0.2) is 0 Å². The highest BCUT2D eigenvalue weighted by Gasteiger charge is 2.18. The van der Waals surface area contributed by atoms with Crippen LogP contribution in [-0.2, 0) is 14.3 Å². The van der Waals surface area contributed by atoms with Crippen molar-refractivity contribution < 1.29 is 24.5 Å². The SMILES string of the molecule is CCCCCCCCCC/C=C/C(O)C(CO)NC(=O)CCCCCCCCCCCCCCCCCCCCCCCOC(=O)CCCCCCCCCCCCC. The molecule has 0 spiro atoms. The number of rotatable bonds is 49. The highest BCUT2D eigenvalue weighted by Crippen LogP contribution is 2.17. The number of hydrogen-bond acceptors (Lipinski definition) is 5. The summed E-state index contributed by atoms with van der Waals surface area (Å²) >= 11 is 0. The lowest BCUT2D eigenvalue weighted by Gasteiger charge is -2.20. The molecule has 59 heavy (non-hydrogen) atoms. The number of nitrogens with one attached hydrogen (secondary N) is 1. The Hall–Kier alpha value is -1.40. The number of hydrogen-bond donors (Lipinski definition) is 3. The van der Waals surface area contributed by atoms with Crippen molar-refractivity contribution in [1.29, 1.82) is 0 Å². The Morgan fingerprint density at radius 2 is 0.780 bits per heavy atom. The van der Waals surface area contributed by atoms with Crippen molar-refractivity contribution in [3.63, 3.8) is 0 Å². The maximum atomic E-state index is 12.4. The Morgan fingerprint density at radius 3 is 1.15 bits per heavy atom. The highest BCUT2D eigenvalue weighted by atomic mass is 16.5. The second-order valence-corrected chi connectivity index (χ2v) is 18.2. The summed E-state index contributed by atoms with van der Waals surface area (Å²) < 4.78 is 5.46. The molecule has 0 aliphatic carbocycles. The molecule has 0 saturated carbocycles. The molecule has 0 aromatic heterocycles. The van der Waals surface area contributed by atoms with Crippen LogP contribution in [0.4, 0.5) is 0 Å². The molecule has 350 valence electrons. The second-order valence-electron chi connectivity index (χ2n) is 18.2. The highest BCUT2D eigenvalue weighted by molar-refractivity contribution is 5.76. The van der Waals surface area contributed by atoms with Gasteiger partial charge in [-0.1, -0.05) is 257 Å². The molecule has 3 N–H and O–H groups in total. The Bertz CT molecular complexity index is 878. The Kier molecular flexibility index (Phi) is 48.1. The minimum Gasteiger partial charge on any atom is -0.466 e. The molecule has 0 aliphatic rings. The Labute approximate surface area is 368 Å². The van der Waals surface area contributed by atoms with Crippen LogP contribution in [0, 0.1) is 0 Å². The topological polar surface area (TPSA) is 95.9 Å². The third kappa shape index (κ3) is 45.9. The number of amides is 1. The van der Waals surface area contributed by atoms with Gasteiger partial charge >= 0.3 is 5.97 Å². The van der Waals surface area contributed by atoms with Gasteiger partial charge in [0.15, 0.2) is 0 Å². The summed E-state index contributed by atoms with van der Waals surface area (Å²) in [6.07, 6.45) is 56.5. The number of allylic oxidation sites excluding steroid dienone is 1. The monoisotopic (exact) mass is 834 g/mol. The van der Waals surface area contributed by atoms with Gasteiger partial charge in [0.1, 0.15) is 0 Å². The maximum absolute atomic E-state index is 12.4. The van der Waals surface area contributed by atoms with Crippen molar-refractivity contribution in [2.24, 2.45) is 0 Å². The van der Waals surface area contributed by atoms with E-state index in [1.807, 2.05) is 6.08 Å². The standard InChI is InChI=1S/C53H103NO5/c1-3-5-7-9-11-13-26-31-35-39-43-47-53(58)59-48-44-40-36-32-28-25-23-21-19-17-15-16-18-20-22-24-27-30-34-38-42-46-52(57)54-50(49-55)51(56)45-41-37-33-29-14-12-10-8-6-4-2/h41,45,50-51,55-56H,3-40,42-44,46-49H2,1-2H3,(H,54,57)/b45-41+. The summed E-state index contributed by atoms with van der Waals surface area (Å²) in [5.41, 5.74) is 0.